The van der Waals surface area contributed by atoms with E-state index in [1.165, 1.54) is 19.2 Å². The minimum atomic E-state index is -0.877. The summed E-state index contributed by atoms with van der Waals surface area (Å²) in [5, 5.41) is 10.3. The fourth-order valence-corrected chi connectivity index (χ4v) is 3.60. The predicted molar refractivity (Wildman–Crippen MR) is 79.2 cm³/mol. The van der Waals surface area contributed by atoms with E-state index in [0.717, 1.165) is 0 Å². The zero-order valence-corrected chi connectivity index (χ0v) is 13.0. The quantitative estimate of drug-likeness (QED) is 0.772. The molecule has 3 atom stereocenters. The first kappa shape index (κ1) is 14.9. The third-order valence-corrected chi connectivity index (χ3v) is 4.65. The maximum Gasteiger partial charge on any atom is 0.309 e. The molecular weight excluding hydrogens is 316 g/mol. The van der Waals surface area contributed by atoms with E-state index in [9.17, 15) is 19.5 Å². The van der Waals surface area contributed by atoms with Gasteiger partial charge in [-0.25, -0.2) is 0 Å². The van der Waals surface area contributed by atoms with Crippen LogP contribution in [-0.4, -0.2) is 48.1 Å². The number of phenolic OH excluding ortho intramolecular Hbond substituents is 1. The SMILES string of the molecule is COc1ccc2c(c1O)C(=O)C1=C(C2=O)[C@@H]2OC(=O)C[C@@H]2O[C@H]1C. The largest absolute Gasteiger partial charge is 0.504 e. The summed E-state index contributed by atoms with van der Waals surface area (Å²) in [5.74, 6) is -1.68. The predicted octanol–water partition coefficient (Wildman–Crippen LogP) is 1.18. The lowest BCUT2D eigenvalue weighted by atomic mass is 9.77. The zero-order chi connectivity index (χ0) is 17.2. The lowest BCUT2D eigenvalue weighted by Crippen LogP contribution is -2.44. The van der Waals surface area contributed by atoms with E-state index >= 15 is 0 Å². The van der Waals surface area contributed by atoms with Crippen molar-refractivity contribution in [1.82, 2.24) is 0 Å². The lowest BCUT2D eigenvalue weighted by molar-refractivity contribution is -0.140. The third kappa shape index (κ3) is 1.78. The van der Waals surface area contributed by atoms with Crippen molar-refractivity contribution in [2.75, 3.05) is 7.11 Å². The molecule has 0 aromatic heterocycles. The number of hydrogen-bond acceptors (Lipinski definition) is 7. The Morgan fingerprint density at radius 1 is 1.17 bits per heavy atom. The molecule has 0 spiro atoms. The third-order valence-electron chi connectivity index (χ3n) is 4.65. The van der Waals surface area contributed by atoms with Crippen LogP contribution in [0.1, 0.15) is 34.1 Å². The van der Waals surface area contributed by atoms with Crippen LogP contribution in [0.5, 0.6) is 11.5 Å². The number of rotatable bonds is 1. The Kier molecular flexibility index (Phi) is 3.05. The molecule has 4 rings (SSSR count). The fraction of sp³-hybridized carbons (Fsp3) is 0.353. The first-order valence-corrected chi connectivity index (χ1v) is 7.52. The number of aromatic hydroxyl groups is 1. The summed E-state index contributed by atoms with van der Waals surface area (Å²) in [4.78, 5) is 37.4. The van der Waals surface area contributed by atoms with E-state index < -0.39 is 35.8 Å². The summed E-state index contributed by atoms with van der Waals surface area (Å²) in [5.41, 5.74) is 0.267. The lowest BCUT2D eigenvalue weighted by Gasteiger charge is -2.35. The molecule has 2 heterocycles. The fourth-order valence-electron chi connectivity index (χ4n) is 3.60. The van der Waals surface area contributed by atoms with Crippen LogP contribution in [-0.2, 0) is 14.3 Å². The average Bonchev–Trinajstić information content (AvgIpc) is 2.91. The molecule has 7 nitrogen and oxygen atoms in total. The molecule has 1 aromatic rings. The number of ketones is 2. The molecule has 0 saturated carbocycles. The van der Waals surface area contributed by atoms with Gasteiger partial charge in [-0.3, -0.25) is 14.4 Å². The van der Waals surface area contributed by atoms with Crippen molar-refractivity contribution in [3.63, 3.8) is 0 Å². The molecule has 1 fully saturated rings. The van der Waals surface area contributed by atoms with Crippen molar-refractivity contribution in [3.05, 3.63) is 34.4 Å². The Hall–Kier alpha value is -2.67. The molecule has 1 N–H and O–H groups in total. The van der Waals surface area contributed by atoms with Gasteiger partial charge in [-0.1, -0.05) is 0 Å². The number of carbonyl (C=O) groups is 3. The van der Waals surface area contributed by atoms with E-state index in [1.54, 1.807) is 6.92 Å². The van der Waals surface area contributed by atoms with Crippen LogP contribution in [0.4, 0.5) is 0 Å². The minimum absolute atomic E-state index is 0.0496. The summed E-state index contributed by atoms with van der Waals surface area (Å²) < 4.78 is 15.9. The van der Waals surface area contributed by atoms with Crippen molar-refractivity contribution in [1.29, 1.82) is 0 Å². The second kappa shape index (κ2) is 4.91. The van der Waals surface area contributed by atoms with Crippen LogP contribution in [0.3, 0.4) is 0 Å². The molecule has 0 radical (unpaired) electrons. The molecular formula is C17H14O7. The number of Topliss-reactive ketones (excluding diaryl/α,β-unsaturated/α-hetero) is 2. The van der Waals surface area contributed by atoms with Gasteiger partial charge in [0.25, 0.3) is 0 Å². The molecule has 3 aliphatic rings. The summed E-state index contributed by atoms with van der Waals surface area (Å²) in [6.45, 7) is 1.64. The molecule has 1 aliphatic carbocycles. The maximum atomic E-state index is 12.9. The summed E-state index contributed by atoms with van der Waals surface area (Å²) >= 11 is 0. The molecule has 2 aliphatic heterocycles. The Labute approximate surface area is 136 Å². The molecule has 1 aromatic carbocycles. The molecule has 24 heavy (non-hydrogen) atoms. The first-order valence-electron chi connectivity index (χ1n) is 7.52. The highest BCUT2D eigenvalue weighted by Crippen LogP contribution is 2.44. The number of ether oxygens (including phenoxy) is 3. The van der Waals surface area contributed by atoms with E-state index in [0.29, 0.717) is 0 Å². The van der Waals surface area contributed by atoms with Gasteiger partial charge in [0.2, 0.25) is 0 Å². The van der Waals surface area contributed by atoms with Gasteiger partial charge in [0.15, 0.2) is 29.2 Å². The molecule has 1 saturated heterocycles. The van der Waals surface area contributed by atoms with E-state index in [4.69, 9.17) is 14.2 Å². The van der Waals surface area contributed by atoms with Crippen LogP contribution in [0.25, 0.3) is 0 Å². The molecule has 0 unspecified atom stereocenters. The summed E-state index contributed by atoms with van der Waals surface area (Å²) in [6.07, 6.45) is -2.08. The first-order chi connectivity index (χ1) is 11.4. The van der Waals surface area contributed by atoms with Crippen LogP contribution in [0.2, 0.25) is 0 Å². The molecule has 124 valence electrons. The Morgan fingerprint density at radius 2 is 1.92 bits per heavy atom. The van der Waals surface area contributed by atoms with Crippen molar-refractivity contribution in [2.24, 2.45) is 0 Å². The van der Waals surface area contributed by atoms with Gasteiger partial charge in [-0.05, 0) is 19.1 Å². The Morgan fingerprint density at radius 3 is 2.62 bits per heavy atom. The average molecular weight is 330 g/mol. The minimum Gasteiger partial charge on any atom is -0.504 e. The number of phenols is 1. The standard InChI is InChI=1S/C17H14O7/c1-6-11-13(17-9(23-6)5-10(18)24-17)14(19)7-3-4-8(22-2)15(20)12(7)16(11)21/h3-4,6,9,17,20H,5H2,1-2H3/t6-,9-,17+/m0/s1. The van der Waals surface area contributed by atoms with Crippen LogP contribution >= 0.6 is 0 Å². The van der Waals surface area contributed by atoms with Crippen LogP contribution in [0, 0.1) is 0 Å². The smallest absolute Gasteiger partial charge is 0.309 e. The van der Waals surface area contributed by atoms with E-state index in [1.807, 2.05) is 0 Å². The summed E-state index contributed by atoms with van der Waals surface area (Å²) in [7, 11) is 1.36. The van der Waals surface area contributed by atoms with Crippen molar-refractivity contribution < 1.29 is 33.7 Å². The van der Waals surface area contributed by atoms with Gasteiger partial charge < -0.3 is 19.3 Å². The number of methoxy groups -OCH3 is 1. The molecule has 7 heteroatoms. The highest BCUT2D eigenvalue weighted by atomic mass is 16.6. The number of esters is 1. The monoisotopic (exact) mass is 330 g/mol. The molecule has 0 amide bonds. The Bertz CT molecular complexity index is 836. The number of fused-ring (bicyclic) bond motifs is 3. The van der Waals surface area contributed by atoms with Crippen molar-refractivity contribution >= 4 is 17.5 Å². The van der Waals surface area contributed by atoms with Gasteiger partial charge in [0, 0.05) is 11.1 Å². The highest BCUT2D eigenvalue weighted by Gasteiger charge is 2.51. The number of benzene rings is 1. The van der Waals surface area contributed by atoms with Gasteiger partial charge >= 0.3 is 5.97 Å². The van der Waals surface area contributed by atoms with E-state index in [2.05, 4.69) is 0 Å². The Balaban J connectivity index is 1.93. The maximum absolute atomic E-state index is 12.9. The topological polar surface area (TPSA) is 99.1 Å². The van der Waals surface area contributed by atoms with Gasteiger partial charge in [0.05, 0.1) is 30.8 Å². The normalized spacial score (nSPS) is 28.2. The van der Waals surface area contributed by atoms with Crippen LogP contribution in [0.15, 0.2) is 23.3 Å². The molecule has 0 bridgehead atoms. The van der Waals surface area contributed by atoms with Gasteiger partial charge in [-0.2, -0.15) is 0 Å². The van der Waals surface area contributed by atoms with E-state index in [-0.39, 0.29) is 40.2 Å². The summed E-state index contributed by atoms with van der Waals surface area (Å²) in [6, 6.07) is 2.86. The second-order valence-electron chi connectivity index (χ2n) is 5.96. The number of carbonyl (C=O) groups excluding carboxylic acids is 3. The van der Waals surface area contributed by atoms with Crippen LogP contribution < -0.4 is 4.74 Å². The van der Waals surface area contributed by atoms with Gasteiger partial charge in [0.1, 0.15) is 6.10 Å². The van der Waals surface area contributed by atoms with Crippen molar-refractivity contribution in [2.45, 2.75) is 31.7 Å². The van der Waals surface area contributed by atoms with Gasteiger partial charge in [-0.15, -0.1) is 0 Å². The number of hydrogen-bond donors (Lipinski definition) is 1. The van der Waals surface area contributed by atoms with Crippen molar-refractivity contribution in [3.8, 4) is 11.5 Å². The highest BCUT2D eigenvalue weighted by molar-refractivity contribution is 6.29. The second-order valence-corrected chi connectivity index (χ2v) is 5.96. The zero-order valence-electron chi connectivity index (χ0n) is 13.0.